The highest BCUT2D eigenvalue weighted by Gasteiger charge is 2.61. The van der Waals surface area contributed by atoms with Crippen LogP contribution in [-0.4, -0.2) is 16.4 Å². The first-order valence-corrected chi connectivity index (χ1v) is 11.8. The van der Waals surface area contributed by atoms with E-state index in [0.29, 0.717) is 17.3 Å². The Morgan fingerprint density at radius 1 is 1.00 bits per heavy atom. The second kappa shape index (κ2) is 6.00. The number of aliphatic hydroxyl groups excluding tert-OH is 1. The number of rotatable bonds is 0. The molecule has 3 fully saturated rings. The van der Waals surface area contributed by atoms with Crippen LogP contribution in [0.3, 0.4) is 0 Å². The molecule has 5 unspecified atom stereocenters. The fourth-order valence-electron chi connectivity index (χ4n) is 8.07. The van der Waals surface area contributed by atoms with E-state index in [9.17, 15) is 9.90 Å². The first-order valence-electron chi connectivity index (χ1n) is 11.8. The lowest BCUT2D eigenvalue weighted by Gasteiger charge is -2.64. The second-order valence-electron chi connectivity index (χ2n) is 12.1. The van der Waals surface area contributed by atoms with Crippen molar-refractivity contribution in [3.63, 3.8) is 0 Å². The van der Waals surface area contributed by atoms with E-state index in [2.05, 4.69) is 39.8 Å². The molecule has 5 aliphatic carbocycles. The zero-order chi connectivity index (χ0) is 21.7. The Bertz CT molecular complexity index is 963. The normalized spacial score (nSPS) is 47.9. The molecule has 6 atom stereocenters. The summed E-state index contributed by atoms with van der Waals surface area (Å²) in [6.07, 6.45) is 14.5. The van der Waals surface area contributed by atoms with Crippen LogP contribution in [0.4, 0.5) is 0 Å². The van der Waals surface area contributed by atoms with Gasteiger partial charge in [0.1, 0.15) is 0 Å². The third kappa shape index (κ3) is 2.51. The molecule has 0 heterocycles. The Morgan fingerprint density at radius 3 is 2.43 bits per heavy atom. The van der Waals surface area contributed by atoms with Gasteiger partial charge in [-0.3, -0.25) is 4.79 Å². The van der Waals surface area contributed by atoms with Gasteiger partial charge in [0, 0.05) is 16.5 Å². The molecule has 0 aromatic heterocycles. The van der Waals surface area contributed by atoms with Crippen molar-refractivity contribution >= 4 is 5.78 Å². The van der Waals surface area contributed by atoms with Gasteiger partial charge < -0.3 is 10.8 Å². The van der Waals surface area contributed by atoms with E-state index < -0.39 is 0 Å². The zero-order valence-corrected chi connectivity index (χ0v) is 19.3. The van der Waals surface area contributed by atoms with E-state index in [4.69, 9.17) is 5.73 Å². The zero-order valence-electron chi connectivity index (χ0n) is 19.3. The predicted molar refractivity (Wildman–Crippen MR) is 121 cm³/mol. The monoisotopic (exact) mass is 407 g/mol. The van der Waals surface area contributed by atoms with Gasteiger partial charge >= 0.3 is 0 Å². The van der Waals surface area contributed by atoms with Gasteiger partial charge in [0.15, 0.2) is 5.76 Å². The van der Waals surface area contributed by atoms with Crippen LogP contribution in [0.1, 0.15) is 79.6 Å². The number of carbonyl (C=O) groups is 1. The summed E-state index contributed by atoms with van der Waals surface area (Å²) < 4.78 is 0. The van der Waals surface area contributed by atoms with Gasteiger partial charge in [-0.1, -0.05) is 38.5 Å². The number of carbonyl (C=O) groups excluding carboxylic acids is 1. The molecule has 0 aromatic carbocycles. The SMILES string of the molecule is CC1=C(O)C(=O)C=C2C1=CC=C1C2(C)CCC2C3C[C@](C)(N)CCC3(C)CCC12C. The van der Waals surface area contributed by atoms with Crippen LogP contribution in [-0.2, 0) is 4.79 Å². The Hall–Kier alpha value is -1.61. The van der Waals surface area contributed by atoms with Gasteiger partial charge in [-0.15, -0.1) is 0 Å². The molecule has 0 spiro atoms. The minimum absolute atomic E-state index is 0.0467. The summed E-state index contributed by atoms with van der Waals surface area (Å²) in [4.78, 5) is 12.5. The van der Waals surface area contributed by atoms with Crippen molar-refractivity contribution in [1.82, 2.24) is 0 Å². The summed E-state index contributed by atoms with van der Waals surface area (Å²) in [6, 6.07) is 0. The fraction of sp³-hybridized carbons (Fsp3) is 0.667. The summed E-state index contributed by atoms with van der Waals surface area (Å²) in [7, 11) is 0. The first kappa shape index (κ1) is 20.3. The standard InChI is InChI=1S/C27H37NO2/c1-16-17-6-7-22-26(4,19(17)14-21(29)23(16)30)9-8-18-20-15-25(3,28)12-10-24(20,2)11-13-27(18,22)5/h6-7,14,18,20,30H,8-13,15,28H2,1-5H3/t18?,20?,24?,25-,26?,27?/m1/s1. The number of hydrogen-bond acceptors (Lipinski definition) is 3. The van der Waals surface area contributed by atoms with Crippen LogP contribution in [0.25, 0.3) is 0 Å². The molecule has 3 nitrogen and oxygen atoms in total. The average molecular weight is 408 g/mol. The summed E-state index contributed by atoms with van der Waals surface area (Å²) in [6.45, 7) is 11.5. The number of fused-ring (bicyclic) bond motifs is 7. The number of allylic oxidation sites excluding steroid dienone is 7. The van der Waals surface area contributed by atoms with Crippen molar-refractivity contribution in [2.45, 2.75) is 85.1 Å². The molecule has 0 bridgehead atoms. The third-order valence-corrected chi connectivity index (χ3v) is 10.1. The van der Waals surface area contributed by atoms with E-state index in [1.165, 1.54) is 31.3 Å². The van der Waals surface area contributed by atoms with Gasteiger partial charge in [-0.05, 0) is 98.7 Å². The Balaban J connectivity index is 1.61. The number of aliphatic hydroxyl groups is 1. The second-order valence-corrected chi connectivity index (χ2v) is 12.1. The van der Waals surface area contributed by atoms with E-state index in [-0.39, 0.29) is 27.9 Å². The Labute approximate surface area is 181 Å². The highest BCUT2D eigenvalue weighted by Crippen LogP contribution is 2.69. The van der Waals surface area contributed by atoms with Crippen molar-refractivity contribution in [2.24, 2.45) is 33.8 Å². The van der Waals surface area contributed by atoms with Crippen LogP contribution in [0.5, 0.6) is 0 Å². The molecule has 0 saturated heterocycles. The maximum Gasteiger partial charge on any atom is 0.220 e. The summed E-state index contributed by atoms with van der Waals surface area (Å²) >= 11 is 0. The molecule has 3 heteroatoms. The number of ketones is 1. The largest absolute Gasteiger partial charge is 0.504 e. The molecule has 30 heavy (non-hydrogen) atoms. The third-order valence-electron chi connectivity index (χ3n) is 10.1. The molecular formula is C27H37NO2. The average Bonchev–Trinajstić information content (AvgIpc) is 2.67. The van der Waals surface area contributed by atoms with Crippen LogP contribution in [0, 0.1) is 28.1 Å². The molecule has 3 saturated carbocycles. The molecule has 0 aliphatic heterocycles. The summed E-state index contributed by atoms with van der Waals surface area (Å²) in [5.41, 5.74) is 11.5. The van der Waals surface area contributed by atoms with Gasteiger partial charge in [-0.2, -0.15) is 0 Å². The number of nitrogens with two attached hydrogens (primary N) is 1. The molecule has 0 radical (unpaired) electrons. The van der Waals surface area contributed by atoms with Crippen molar-refractivity contribution < 1.29 is 9.90 Å². The minimum atomic E-state index is -0.239. The first-order chi connectivity index (χ1) is 13.9. The molecule has 162 valence electrons. The molecule has 3 N–H and O–H groups in total. The van der Waals surface area contributed by atoms with Crippen LogP contribution >= 0.6 is 0 Å². The van der Waals surface area contributed by atoms with Gasteiger partial charge in [0.2, 0.25) is 5.78 Å². The van der Waals surface area contributed by atoms with Crippen LogP contribution < -0.4 is 5.73 Å². The van der Waals surface area contributed by atoms with Gasteiger partial charge in [0.25, 0.3) is 0 Å². The van der Waals surface area contributed by atoms with Crippen molar-refractivity contribution in [2.75, 3.05) is 0 Å². The predicted octanol–water partition coefficient (Wildman–Crippen LogP) is 5.93. The van der Waals surface area contributed by atoms with Crippen LogP contribution in [0.15, 0.2) is 46.3 Å². The number of hydrogen-bond donors (Lipinski definition) is 2. The Morgan fingerprint density at radius 2 is 1.70 bits per heavy atom. The molecule has 0 aromatic rings. The molecule has 5 rings (SSSR count). The lowest BCUT2D eigenvalue weighted by Crippen LogP contribution is -2.58. The van der Waals surface area contributed by atoms with E-state index in [1.54, 1.807) is 6.08 Å². The molecule has 0 amide bonds. The maximum absolute atomic E-state index is 12.5. The van der Waals surface area contributed by atoms with E-state index in [0.717, 1.165) is 36.0 Å². The van der Waals surface area contributed by atoms with Crippen molar-refractivity contribution in [3.8, 4) is 0 Å². The maximum atomic E-state index is 12.5. The smallest absolute Gasteiger partial charge is 0.220 e. The van der Waals surface area contributed by atoms with Gasteiger partial charge in [-0.25, -0.2) is 0 Å². The molecular weight excluding hydrogens is 370 g/mol. The van der Waals surface area contributed by atoms with Crippen LogP contribution in [0.2, 0.25) is 0 Å². The summed E-state index contributed by atoms with van der Waals surface area (Å²) in [5, 5.41) is 10.2. The fourth-order valence-corrected chi connectivity index (χ4v) is 8.07. The Kier molecular flexibility index (Phi) is 4.06. The lowest BCUT2D eigenvalue weighted by molar-refractivity contribution is -0.114. The highest BCUT2D eigenvalue weighted by molar-refractivity contribution is 6.06. The molecule has 5 aliphatic rings. The van der Waals surface area contributed by atoms with Crippen molar-refractivity contribution in [3.05, 3.63) is 46.3 Å². The van der Waals surface area contributed by atoms with Gasteiger partial charge in [0.05, 0.1) is 0 Å². The van der Waals surface area contributed by atoms with Crippen molar-refractivity contribution in [1.29, 1.82) is 0 Å². The minimum Gasteiger partial charge on any atom is -0.504 e. The van der Waals surface area contributed by atoms with E-state index >= 15 is 0 Å². The van der Waals surface area contributed by atoms with E-state index in [1.807, 2.05) is 6.92 Å². The topological polar surface area (TPSA) is 63.3 Å². The quantitative estimate of drug-likeness (QED) is 0.523. The lowest BCUT2D eigenvalue weighted by atomic mass is 9.40. The highest BCUT2D eigenvalue weighted by atomic mass is 16.3. The summed E-state index contributed by atoms with van der Waals surface area (Å²) in [5.74, 6) is 0.988.